The fourth-order valence-corrected chi connectivity index (χ4v) is 1.37. The highest BCUT2D eigenvalue weighted by molar-refractivity contribution is 5.36. The molecule has 0 atom stereocenters. The molecule has 1 heteroatoms. The van der Waals surface area contributed by atoms with Crippen molar-refractivity contribution in [1.29, 1.82) is 0 Å². The summed E-state index contributed by atoms with van der Waals surface area (Å²) in [6.45, 7) is 2.86. The van der Waals surface area contributed by atoms with Crippen LogP contribution in [0.25, 0.3) is 0 Å². The van der Waals surface area contributed by atoms with Gasteiger partial charge in [-0.1, -0.05) is 37.3 Å². The Morgan fingerprint density at radius 1 is 1.20 bits per heavy atom. The van der Waals surface area contributed by atoms with Crippen LogP contribution in [0.1, 0.15) is 37.3 Å². The van der Waals surface area contributed by atoms with Crippen molar-refractivity contribution in [3.05, 3.63) is 35.4 Å². The minimum atomic E-state index is 0.640. The van der Waals surface area contributed by atoms with Crippen LogP contribution in [-0.4, -0.2) is 6.54 Å². The molecular weight excluding hydrogens is 182 g/mol. The van der Waals surface area contributed by atoms with Crippen molar-refractivity contribution in [2.45, 2.75) is 32.6 Å². The van der Waals surface area contributed by atoms with Crippen LogP contribution in [0, 0.1) is 11.8 Å². The topological polar surface area (TPSA) is 26.0 Å². The van der Waals surface area contributed by atoms with E-state index in [9.17, 15) is 0 Å². The molecule has 1 nitrogen and oxygen atoms in total. The summed E-state index contributed by atoms with van der Waals surface area (Å²) in [5.41, 5.74) is 7.86. The second kappa shape index (κ2) is 7.09. The first-order valence-corrected chi connectivity index (χ1v) is 5.64. The molecule has 0 heterocycles. The molecule has 80 valence electrons. The van der Waals surface area contributed by atoms with Gasteiger partial charge in [0.15, 0.2) is 0 Å². The SMILES string of the molecule is CCCCc1ccc(C#CCCN)cc1. The van der Waals surface area contributed by atoms with Crippen molar-refractivity contribution in [3.8, 4) is 11.8 Å². The van der Waals surface area contributed by atoms with Gasteiger partial charge in [0.2, 0.25) is 0 Å². The first-order chi connectivity index (χ1) is 7.36. The van der Waals surface area contributed by atoms with Crippen LogP contribution in [0.4, 0.5) is 0 Å². The molecular formula is C14H19N. The van der Waals surface area contributed by atoms with Gasteiger partial charge in [0.05, 0.1) is 0 Å². The zero-order valence-corrected chi connectivity index (χ0v) is 9.42. The summed E-state index contributed by atoms with van der Waals surface area (Å²) in [4.78, 5) is 0. The Labute approximate surface area is 92.7 Å². The van der Waals surface area contributed by atoms with Gasteiger partial charge in [-0.3, -0.25) is 0 Å². The third-order valence-electron chi connectivity index (χ3n) is 2.28. The third kappa shape index (κ3) is 4.67. The fraction of sp³-hybridized carbons (Fsp3) is 0.429. The van der Waals surface area contributed by atoms with Gasteiger partial charge in [0, 0.05) is 18.5 Å². The highest BCUT2D eigenvalue weighted by Crippen LogP contribution is 2.06. The maximum Gasteiger partial charge on any atom is 0.0245 e. The summed E-state index contributed by atoms with van der Waals surface area (Å²) in [6.07, 6.45) is 4.46. The molecule has 0 aromatic heterocycles. The number of hydrogen-bond donors (Lipinski definition) is 1. The zero-order chi connectivity index (χ0) is 10.9. The van der Waals surface area contributed by atoms with Crippen LogP contribution in [0.2, 0.25) is 0 Å². The lowest BCUT2D eigenvalue weighted by Gasteiger charge is -1.99. The van der Waals surface area contributed by atoms with E-state index < -0.39 is 0 Å². The van der Waals surface area contributed by atoms with E-state index in [1.165, 1.54) is 24.8 Å². The lowest BCUT2D eigenvalue weighted by molar-refractivity contribution is 0.795. The zero-order valence-electron chi connectivity index (χ0n) is 9.42. The Kier molecular flexibility index (Phi) is 5.58. The number of benzene rings is 1. The minimum absolute atomic E-state index is 0.640. The van der Waals surface area contributed by atoms with Crippen molar-refractivity contribution in [1.82, 2.24) is 0 Å². The molecule has 0 bridgehead atoms. The molecule has 1 rings (SSSR count). The molecule has 1 aromatic rings. The number of aryl methyl sites for hydroxylation is 1. The van der Waals surface area contributed by atoms with Crippen molar-refractivity contribution in [2.75, 3.05) is 6.54 Å². The Morgan fingerprint density at radius 3 is 2.53 bits per heavy atom. The summed E-state index contributed by atoms with van der Waals surface area (Å²) >= 11 is 0. The summed E-state index contributed by atoms with van der Waals surface area (Å²) < 4.78 is 0. The van der Waals surface area contributed by atoms with Gasteiger partial charge in [-0.25, -0.2) is 0 Å². The molecule has 0 spiro atoms. The summed E-state index contributed by atoms with van der Waals surface area (Å²) in [5.74, 6) is 6.14. The van der Waals surface area contributed by atoms with E-state index in [1.807, 2.05) is 0 Å². The van der Waals surface area contributed by atoms with Gasteiger partial charge < -0.3 is 5.73 Å². The molecule has 1 aromatic carbocycles. The van der Waals surface area contributed by atoms with Crippen LogP contribution in [0.3, 0.4) is 0 Å². The molecule has 0 saturated carbocycles. The van der Waals surface area contributed by atoms with E-state index in [1.54, 1.807) is 0 Å². The molecule has 15 heavy (non-hydrogen) atoms. The fourth-order valence-electron chi connectivity index (χ4n) is 1.37. The predicted molar refractivity (Wildman–Crippen MR) is 65.6 cm³/mol. The van der Waals surface area contributed by atoms with Gasteiger partial charge >= 0.3 is 0 Å². The molecule has 0 fully saturated rings. The first kappa shape index (κ1) is 11.8. The third-order valence-corrected chi connectivity index (χ3v) is 2.28. The summed E-state index contributed by atoms with van der Waals surface area (Å²) in [5, 5.41) is 0. The Morgan fingerprint density at radius 2 is 1.93 bits per heavy atom. The minimum Gasteiger partial charge on any atom is -0.330 e. The van der Waals surface area contributed by atoms with E-state index in [2.05, 4.69) is 43.0 Å². The van der Waals surface area contributed by atoms with Crippen LogP contribution in [0.15, 0.2) is 24.3 Å². The quantitative estimate of drug-likeness (QED) is 0.745. The van der Waals surface area contributed by atoms with Crippen LogP contribution in [0.5, 0.6) is 0 Å². The van der Waals surface area contributed by atoms with Gasteiger partial charge in [-0.2, -0.15) is 0 Å². The maximum absolute atomic E-state index is 5.37. The van der Waals surface area contributed by atoms with Crippen LogP contribution < -0.4 is 5.73 Å². The number of nitrogens with two attached hydrogens (primary N) is 1. The number of unbranched alkanes of at least 4 members (excludes halogenated alkanes) is 1. The second-order valence-corrected chi connectivity index (χ2v) is 3.64. The normalized spacial score (nSPS) is 9.47. The Bertz CT molecular complexity index is 327. The summed E-state index contributed by atoms with van der Waals surface area (Å²) in [6, 6.07) is 8.52. The predicted octanol–water partition coefficient (Wildman–Crippen LogP) is 2.73. The molecule has 0 aliphatic heterocycles. The molecule has 0 amide bonds. The van der Waals surface area contributed by atoms with Gasteiger partial charge in [0.25, 0.3) is 0 Å². The van der Waals surface area contributed by atoms with E-state index >= 15 is 0 Å². The number of rotatable bonds is 4. The van der Waals surface area contributed by atoms with Gasteiger partial charge in [-0.05, 0) is 30.5 Å². The van der Waals surface area contributed by atoms with Crippen molar-refractivity contribution in [3.63, 3.8) is 0 Å². The second-order valence-electron chi connectivity index (χ2n) is 3.64. The van der Waals surface area contributed by atoms with Crippen molar-refractivity contribution < 1.29 is 0 Å². The summed E-state index contributed by atoms with van der Waals surface area (Å²) in [7, 11) is 0. The standard InChI is InChI=1S/C14H19N/c1-2-3-6-13-8-10-14(11-9-13)7-4-5-12-15/h8-11H,2-3,5-6,12,15H2,1H3. The van der Waals surface area contributed by atoms with E-state index in [0.29, 0.717) is 6.54 Å². The van der Waals surface area contributed by atoms with E-state index in [-0.39, 0.29) is 0 Å². The smallest absolute Gasteiger partial charge is 0.0245 e. The average Bonchev–Trinajstić information content (AvgIpc) is 2.28. The lowest BCUT2D eigenvalue weighted by atomic mass is 10.1. The highest BCUT2D eigenvalue weighted by atomic mass is 14.5. The largest absolute Gasteiger partial charge is 0.330 e. The number of hydrogen-bond acceptors (Lipinski definition) is 1. The molecule has 0 saturated heterocycles. The lowest BCUT2D eigenvalue weighted by Crippen LogP contribution is -1.95. The van der Waals surface area contributed by atoms with E-state index in [4.69, 9.17) is 5.73 Å². The first-order valence-electron chi connectivity index (χ1n) is 5.64. The Hall–Kier alpha value is -1.26. The average molecular weight is 201 g/mol. The monoisotopic (exact) mass is 201 g/mol. The maximum atomic E-state index is 5.37. The van der Waals surface area contributed by atoms with Crippen LogP contribution in [-0.2, 0) is 6.42 Å². The molecule has 0 radical (unpaired) electrons. The van der Waals surface area contributed by atoms with Crippen molar-refractivity contribution >= 4 is 0 Å². The molecule has 0 aliphatic rings. The van der Waals surface area contributed by atoms with Gasteiger partial charge in [-0.15, -0.1) is 0 Å². The molecule has 0 aliphatic carbocycles. The molecule has 2 N–H and O–H groups in total. The molecule has 0 unspecified atom stereocenters. The van der Waals surface area contributed by atoms with Crippen molar-refractivity contribution in [2.24, 2.45) is 5.73 Å². The Balaban J connectivity index is 2.53. The highest BCUT2D eigenvalue weighted by Gasteiger charge is 1.91. The van der Waals surface area contributed by atoms with Gasteiger partial charge in [0.1, 0.15) is 0 Å². The van der Waals surface area contributed by atoms with Crippen LogP contribution >= 0.6 is 0 Å². The van der Waals surface area contributed by atoms with E-state index in [0.717, 1.165) is 12.0 Å².